The monoisotopic (exact) mass is 465 g/mol. The van der Waals surface area contributed by atoms with Crippen LogP contribution in [0.25, 0.3) is 11.1 Å². The van der Waals surface area contributed by atoms with Gasteiger partial charge in [-0.3, -0.25) is 9.59 Å². The van der Waals surface area contributed by atoms with Crippen LogP contribution in [0.3, 0.4) is 0 Å². The van der Waals surface area contributed by atoms with E-state index in [-0.39, 0.29) is 30.7 Å². The molecule has 3 rings (SSSR count). The molecule has 1 amide bonds. The van der Waals surface area contributed by atoms with Crippen LogP contribution < -0.4 is 5.32 Å². The standard InChI is InChI=1S/C20H20BrNO5S/c1-2-26-20(25)16-15(12-7-4-3-5-8-12)17(21)28-18(16)22-14(23)11-27-19(24)13-9-6-10-13/h3-5,7-8,13H,2,6,9-11H2,1H3,(H,22,23). The van der Waals surface area contributed by atoms with Gasteiger partial charge in [0.1, 0.15) is 10.6 Å². The van der Waals surface area contributed by atoms with Crippen LogP contribution in [0.4, 0.5) is 5.00 Å². The largest absolute Gasteiger partial charge is 0.462 e. The van der Waals surface area contributed by atoms with Gasteiger partial charge in [0.2, 0.25) is 0 Å². The third-order valence-corrected chi connectivity index (χ3v) is 6.22. The Morgan fingerprint density at radius 1 is 1.18 bits per heavy atom. The summed E-state index contributed by atoms with van der Waals surface area (Å²) in [6.07, 6.45) is 2.64. The molecule has 0 bridgehead atoms. The fourth-order valence-corrected chi connectivity index (χ4v) is 4.68. The molecular formula is C20H20BrNO5S. The van der Waals surface area contributed by atoms with Crippen molar-refractivity contribution in [3.63, 3.8) is 0 Å². The van der Waals surface area contributed by atoms with E-state index in [1.807, 2.05) is 30.3 Å². The number of benzene rings is 1. The van der Waals surface area contributed by atoms with Gasteiger partial charge in [-0.2, -0.15) is 0 Å². The molecular weight excluding hydrogens is 446 g/mol. The average Bonchev–Trinajstić information content (AvgIpc) is 2.95. The molecule has 0 radical (unpaired) electrons. The predicted molar refractivity (Wildman–Crippen MR) is 110 cm³/mol. The van der Waals surface area contributed by atoms with Gasteiger partial charge >= 0.3 is 11.9 Å². The normalized spacial score (nSPS) is 13.5. The van der Waals surface area contributed by atoms with Crippen LogP contribution >= 0.6 is 27.3 Å². The van der Waals surface area contributed by atoms with Crippen LogP contribution in [0.5, 0.6) is 0 Å². The van der Waals surface area contributed by atoms with E-state index in [4.69, 9.17) is 9.47 Å². The number of nitrogens with one attached hydrogen (secondary N) is 1. The first-order valence-electron chi connectivity index (χ1n) is 9.02. The molecule has 28 heavy (non-hydrogen) atoms. The number of carbonyl (C=O) groups excluding carboxylic acids is 3. The number of ether oxygens (including phenoxy) is 2. The van der Waals surface area contributed by atoms with E-state index in [1.54, 1.807) is 6.92 Å². The Bertz CT molecular complexity index is 876. The predicted octanol–water partition coefficient (Wildman–Crippen LogP) is 4.64. The van der Waals surface area contributed by atoms with E-state index >= 15 is 0 Å². The molecule has 0 aliphatic heterocycles. The fraction of sp³-hybridized carbons (Fsp3) is 0.350. The molecule has 1 fully saturated rings. The van der Waals surface area contributed by atoms with E-state index < -0.39 is 11.9 Å². The minimum absolute atomic E-state index is 0.0940. The van der Waals surface area contributed by atoms with E-state index in [0.717, 1.165) is 24.8 Å². The Balaban J connectivity index is 1.80. The van der Waals surface area contributed by atoms with Gasteiger partial charge in [0.05, 0.1) is 16.3 Å². The minimum Gasteiger partial charge on any atom is -0.462 e. The van der Waals surface area contributed by atoms with Gasteiger partial charge < -0.3 is 14.8 Å². The highest BCUT2D eigenvalue weighted by Crippen LogP contribution is 2.44. The van der Waals surface area contributed by atoms with Crippen molar-refractivity contribution in [2.75, 3.05) is 18.5 Å². The summed E-state index contributed by atoms with van der Waals surface area (Å²) in [6.45, 7) is 1.56. The number of esters is 2. The van der Waals surface area contributed by atoms with Crippen molar-refractivity contribution in [2.45, 2.75) is 26.2 Å². The first-order valence-corrected chi connectivity index (χ1v) is 10.6. The first kappa shape index (κ1) is 20.5. The maximum atomic E-state index is 12.6. The summed E-state index contributed by atoms with van der Waals surface area (Å²) in [5.41, 5.74) is 1.76. The molecule has 1 aliphatic carbocycles. The van der Waals surface area contributed by atoms with Crippen molar-refractivity contribution in [3.8, 4) is 11.1 Å². The highest BCUT2D eigenvalue weighted by atomic mass is 79.9. The summed E-state index contributed by atoms with van der Waals surface area (Å²) in [4.78, 5) is 36.7. The summed E-state index contributed by atoms with van der Waals surface area (Å²) in [6, 6.07) is 9.37. The molecule has 2 aromatic rings. The second kappa shape index (κ2) is 9.34. The maximum Gasteiger partial charge on any atom is 0.341 e. The van der Waals surface area contributed by atoms with Crippen LogP contribution in [0.15, 0.2) is 34.1 Å². The van der Waals surface area contributed by atoms with E-state index in [2.05, 4.69) is 21.2 Å². The Morgan fingerprint density at radius 2 is 1.89 bits per heavy atom. The van der Waals surface area contributed by atoms with E-state index in [0.29, 0.717) is 14.4 Å². The van der Waals surface area contributed by atoms with Gasteiger partial charge in [-0.1, -0.05) is 36.8 Å². The van der Waals surface area contributed by atoms with E-state index in [9.17, 15) is 14.4 Å². The number of amides is 1. The summed E-state index contributed by atoms with van der Waals surface area (Å²) in [5.74, 6) is -1.45. The maximum absolute atomic E-state index is 12.6. The van der Waals surface area contributed by atoms with Gasteiger partial charge in [-0.25, -0.2) is 4.79 Å². The number of rotatable bonds is 7. The fourth-order valence-electron chi connectivity index (χ4n) is 2.81. The van der Waals surface area contributed by atoms with Crippen molar-refractivity contribution >= 4 is 50.1 Å². The summed E-state index contributed by atoms with van der Waals surface area (Å²) >= 11 is 4.70. The molecule has 148 valence electrons. The van der Waals surface area contributed by atoms with Gasteiger partial charge in [-0.05, 0) is 41.3 Å². The van der Waals surface area contributed by atoms with Crippen LogP contribution in [-0.4, -0.2) is 31.1 Å². The number of anilines is 1. The molecule has 8 heteroatoms. The number of hydrogen-bond donors (Lipinski definition) is 1. The molecule has 1 aliphatic rings. The lowest BCUT2D eigenvalue weighted by molar-refractivity contribution is -0.154. The molecule has 0 atom stereocenters. The molecule has 1 heterocycles. The van der Waals surface area contributed by atoms with Gasteiger partial charge in [-0.15, -0.1) is 11.3 Å². The third kappa shape index (κ3) is 4.62. The van der Waals surface area contributed by atoms with Gasteiger partial charge in [0.15, 0.2) is 6.61 Å². The Morgan fingerprint density at radius 3 is 2.50 bits per heavy atom. The lowest BCUT2D eigenvalue weighted by Gasteiger charge is -2.22. The summed E-state index contributed by atoms with van der Waals surface area (Å²) in [5, 5.41) is 3.04. The number of carbonyl (C=O) groups is 3. The highest BCUT2D eigenvalue weighted by molar-refractivity contribution is 9.11. The Kier molecular flexibility index (Phi) is 6.85. The minimum atomic E-state index is -0.523. The Labute approximate surface area is 175 Å². The number of thiophene rings is 1. The molecule has 0 saturated heterocycles. The molecule has 1 aromatic carbocycles. The molecule has 0 unspecified atom stereocenters. The molecule has 0 spiro atoms. The van der Waals surface area contributed by atoms with E-state index in [1.165, 1.54) is 11.3 Å². The van der Waals surface area contributed by atoms with Gasteiger partial charge in [0.25, 0.3) is 5.91 Å². The summed E-state index contributed by atoms with van der Waals surface area (Å²) in [7, 11) is 0. The smallest absolute Gasteiger partial charge is 0.341 e. The quantitative estimate of drug-likeness (QED) is 0.602. The van der Waals surface area contributed by atoms with Crippen LogP contribution in [-0.2, 0) is 19.1 Å². The SMILES string of the molecule is CCOC(=O)c1c(NC(=O)COC(=O)C2CCC2)sc(Br)c1-c1ccccc1. The lowest BCUT2D eigenvalue weighted by atomic mass is 9.86. The van der Waals surface area contributed by atoms with Crippen molar-refractivity contribution < 1.29 is 23.9 Å². The molecule has 1 aromatic heterocycles. The second-order valence-corrected chi connectivity index (χ2v) is 8.66. The second-order valence-electron chi connectivity index (χ2n) is 6.33. The number of halogens is 1. The molecule has 1 saturated carbocycles. The third-order valence-electron chi connectivity index (χ3n) is 4.44. The van der Waals surface area contributed by atoms with Crippen LogP contribution in [0.2, 0.25) is 0 Å². The van der Waals surface area contributed by atoms with Crippen LogP contribution in [0.1, 0.15) is 36.5 Å². The van der Waals surface area contributed by atoms with Gasteiger partial charge in [0, 0.05) is 5.56 Å². The lowest BCUT2D eigenvalue weighted by Crippen LogP contribution is -2.28. The number of hydrogen-bond acceptors (Lipinski definition) is 6. The average molecular weight is 466 g/mol. The zero-order valence-electron chi connectivity index (χ0n) is 15.3. The van der Waals surface area contributed by atoms with Crippen molar-refractivity contribution in [1.82, 2.24) is 0 Å². The highest BCUT2D eigenvalue weighted by Gasteiger charge is 2.28. The zero-order valence-corrected chi connectivity index (χ0v) is 17.7. The first-order chi connectivity index (χ1) is 13.5. The van der Waals surface area contributed by atoms with Crippen LogP contribution in [0, 0.1) is 5.92 Å². The molecule has 1 N–H and O–H groups in total. The van der Waals surface area contributed by atoms with Crippen molar-refractivity contribution in [3.05, 3.63) is 39.7 Å². The summed E-state index contributed by atoms with van der Waals surface area (Å²) < 4.78 is 11.0. The Hall–Kier alpha value is -2.19. The topological polar surface area (TPSA) is 81.7 Å². The van der Waals surface area contributed by atoms with Crippen molar-refractivity contribution in [1.29, 1.82) is 0 Å². The zero-order chi connectivity index (χ0) is 20.1. The molecule has 6 nitrogen and oxygen atoms in total. The van der Waals surface area contributed by atoms with Crippen molar-refractivity contribution in [2.24, 2.45) is 5.92 Å².